The quantitative estimate of drug-likeness (QED) is 0.803. The third-order valence-electron chi connectivity index (χ3n) is 4.56. The van der Waals surface area contributed by atoms with Gasteiger partial charge in [-0.05, 0) is 69.3 Å². The van der Waals surface area contributed by atoms with Crippen LogP contribution in [0.2, 0.25) is 0 Å². The molecule has 140 valence electrons. The summed E-state index contributed by atoms with van der Waals surface area (Å²) in [6, 6.07) is 13.8. The van der Waals surface area contributed by atoms with E-state index in [2.05, 4.69) is 9.62 Å². The van der Waals surface area contributed by atoms with E-state index in [1.165, 1.54) is 19.3 Å². The number of nitrogens with one attached hydrogen (secondary N) is 1. The molecule has 1 saturated heterocycles. The summed E-state index contributed by atoms with van der Waals surface area (Å²) >= 11 is 0. The highest BCUT2D eigenvalue weighted by Crippen LogP contribution is 2.20. The average molecular weight is 375 g/mol. The smallest absolute Gasteiger partial charge is 0.261 e. The van der Waals surface area contributed by atoms with Crippen LogP contribution < -0.4 is 9.46 Å². The van der Waals surface area contributed by atoms with Gasteiger partial charge in [-0.2, -0.15) is 0 Å². The Morgan fingerprint density at radius 1 is 0.962 bits per heavy atom. The fraction of sp³-hybridized carbons (Fsp3) is 0.400. The Hall–Kier alpha value is -2.05. The third kappa shape index (κ3) is 5.22. The summed E-state index contributed by atoms with van der Waals surface area (Å²) in [5.74, 6) is 0.750. The molecule has 2 aromatic rings. The molecule has 0 unspecified atom stereocenters. The average Bonchev–Trinajstić information content (AvgIpc) is 2.64. The molecule has 1 heterocycles. The Labute approximate surface area is 156 Å². The van der Waals surface area contributed by atoms with E-state index in [1.54, 1.807) is 48.5 Å². The number of hydrogen-bond acceptors (Lipinski definition) is 4. The fourth-order valence-corrected chi connectivity index (χ4v) is 4.08. The SMILES string of the molecule is Cc1ccc(S(=O)(=O)Nc2ccc(OCCN3CCCCC3)cc2)cc1. The first-order chi connectivity index (χ1) is 12.5. The number of piperidine rings is 1. The van der Waals surface area contributed by atoms with Crippen LogP contribution in [0.25, 0.3) is 0 Å². The monoisotopic (exact) mass is 374 g/mol. The van der Waals surface area contributed by atoms with Crippen LogP contribution in [0.4, 0.5) is 5.69 Å². The zero-order valence-corrected chi connectivity index (χ0v) is 16.0. The zero-order valence-electron chi connectivity index (χ0n) is 15.1. The van der Waals surface area contributed by atoms with Crippen molar-refractivity contribution in [2.75, 3.05) is 31.0 Å². The Balaban J connectivity index is 1.53. The van der Waals surface area contributed by atoms with Crippen LogP contribution in [0.1, 0.15) is 24.8 Å². The maximum Gasteiger partial charge on any atom is 0.261 e. The summed E-state index contributed by atoms with van der Waals surface area (Å²) in [4.78, 5) is 2.68. The highest BCUT2D eigenvalue weighted by molar-refractivity contribution is 7.92. The Morgan fingerprint density at radius 3 is 2.27 bits per heavy atom. The fourth-order valence-electron chi connectivity index (χ4n) is 3.03. The van der Waals surface area contributed by atoms with Crippen molar-refractivity contribution >= 4 is 15.7 Å². The van der Waals surface area contributed by atoms with Gasteiger partial charge in [0.2, 0.25) is 0 Å². The first-order valence-electron chi connectivity index (χ1n) is 9.08. The van der Waals surface area contributed by atoms with Crippen molar-refractivity contribution in [2.24, 2.45) is 0 Å². The topological polar surface area (TPSA) is 58.6 Å². The van der Waals surface area contributed by atoms with Crippen molar-refractivity contribution in [3.05, 3.63) is 54.1 Å². The van der Waals surface area contributed by atoms with E-state index in [0.717, 1.165) is 30.9 Å². The van der Waals surface area contributed by atoms with Gasteiger partial charge < -0.3 is 4.74 Å². The van der Waals surface area contributed by atoms with E-state index in [1.807, 2.05) is 6.92 Å². The molecule has 0 spiro atoms. The molecule has 26 heavy (non-hydrogen) atoms. The molecule has 1 aliphatic heterocycles. The van der Waals surface area contributed by atoms with Gasteiger partial charge in [-0.1, -0.05) is 24.1 Å². The molecule has 3 rings (SSSR count). The van der Waals surface area contributed by atoms with E-state index in [9.17, 15) is 8.42 Å². The van der Waals surface area contributed by atoms with Gasteiger partial charge >= 0.3 is 0 Å². The zero-order chi connectivity index (χ0) is 18.4. The van der Waals surface area contributed by atoms with Crippen molar-refractivity contribution < 1.29 is 13.2 Å². The van der Waals surface area contributed by atoms with Crippen molar-refractivity contribution in [3.8, 4) is 5.75 Å². The van der Waals surface area contributed by atoms with E-state index < -0.39 is 10.0 Å². The molecule has 0 bridgehead atoms. The largest absolute Gasteiger partial charge is 0.492 e. The highest BCUT2D eigenvalue weighted by Gasteiger charge is 2.14. The van der Waals surface area contributed by atoms with E-state index >= 15 is 0 Å². The molecule has 1 fully saturated rings. The molecular formula is C20H26N2O3S. The Morgan fingerprint density at radius 2 is 1.62 bits per heavy atom. The standard InChI is InChI=1S/C20H26N2O3S/c1-17-5-11-20(12-6-17)26(23,24)21-18-7-9-19(10-8-18)25-16-15-22-13-3-2-4-14-22/h5-12,21H,2-4,13-16H2,1H3. The predicted molar refractivity (Wildman–Crippen MR) is 104 cm³/mol. The van der Waals surface area contributed by atoms with Gasteiger partial charge in [-0.15, -0.1) is 0 Å². The van der Waals surface area contributed by atoms with E-state index in [4.69, 9.17) is 4.74 Å². The highest BCUT2D eigenvalue weighted by atomic mass is 32.2. The number of benzene rings is 2. The van der Waals surface area contributed by atoms with Gasteiger partial charge in [0.25, 0.3) is 10.0 Å². The second-order valence-corrected chi connectivity index (χ2v) is 8.38. The number of anilines is 1. The summed E-state index contributed by atoms with van der Waals surface area (Å²) in [6.07, 6.45) is 3.88. The minimum Gasteiger partial charge on any atom is -0.492 e. The maximum absolute atomic E-state index is 12.4. The lowest BCUT2D eigenvalue weighted by Crippen LogP contribution is -2.33. The van der Waals surface area contributed by atoms with Crippen LogP contribution in [0.3, 0.4) is 0 Å². The lowest BCUT2D eigenvalue weighted by Gasteiger charge is -2.26. The summed E-state index contributed by atoms with van der Waals surface area (Å²) in [5.41, 5.74) is 1.55. The van der Waals surface area contributed by atoms with Crippen LogP contribution in [0.15, 0.2) is 53.4 Å². The van der Waals surface area contributed by atoms with E-state index in [-0.39, 0.29) is 4.90 Å². The number of nitrogens with zero attached hydrogens (tertiary/aromatic N) is 1. The molecule has 1 N–H and O–H groups in total. The van der Waals surface area contributed by atoms with Crippen LogP contribution >= 0.6 is 0 Å². The van der Waals surface area contributed by atoms with Gasteiger partial charge in [0.15, 0.2) is 0 Å². The van der Waals surface area contributed by atoms with Crippen molar-refractivity contribution in [2.45, 2.75) is 31.1 Å². The number of sulfonamides is 1. The summed E-state index contributed by atoms with van der Waals surface area (Å²) in [6.45, 7) is 5.82. The van der Waals surface area contributed by atoms with Crippen molar-refractivity contribution in [1.29, 1.82) is 0 Å². The first-order valence-corrected chi connectivity index (χ1v) is 10.6. The lowest BCUT2D eigenvalue weighted by atomic mass is 10.1. The first kappa shape index (κ1) is 18.7. The molecular weight excluding hydrogens is 348 g/mol. The molecule has 0 aliphatic carbocycles. The lowest BCUT2D eigenvalue weighted by molar-refractivity contribution is 0.183. The number of rotatable bonds is 7. The van der Waals surface area contributed by atoms with Gasteiger partial charge in [0.1, 0.15) is 12.4 Å². The number of hydrogen-bond donors (Lipinski definition) is 1. The van der Waals surface area contributed by atoms with Crippen molar-refractivity contribution in [3.63, 3.8) is 0 Å². The third-order valence-corrected chi connectivity index (χ3v) is 5.96. The summed E-state index contributed by atoms with van der Waals surface area (Å²) in [5, 5.41) is 0. The molecule has 5 nitrogen and oxygen atoms in total. The molecule has 0 atom stereocenters. The summed E-state index contributed by atoms with van der Waals surface area (Å²) in [7, 11) is -3.57. The molecule has 0 aromatic heterocycles. The maximum atomic E-state index is 12.4. The van der Waals surface area contributed by atoms with Gasteiger partial charge in [0.05, 0.1) is 4.90 Å². The number of likely N-dealkylation sites (tertiary alicyclic amines) is 1. The van der Waals surface area contributed by atoms with Gasteiger partial charge in [-0.25, -0.2) is 8.42 Å². The predicted octanol–water partition coefficient (Wildman–Crippen LogP) is 3.66. The van der Waals surface area contributed by atoms with Gasteiger partial charge in [0, 0.05) is 12.2 Å². The molecule has 2 aromatic carbocycles. The molecule has 0 saturated carbocycles. The number of aryl methyl sites for hydroxylation is 1. The number of ether oxygens (including phenoxy) is 1. The Bertz CT molecular complexity index is 796. The van der Waals surface area contributed by atoms with Crippen LogP contribution in [-0.2, 0) is 10.0 Å². The van der Waals surface area contributed by atoms with Crippen LogP contribution in [-0.4, -0.2) is 39.6 Å². The van der Waals surface area contributed by atoms with Crippen LogP contribution in [0, 0.1) is 6.92 Å². The normalized spacial score (nSPS) is 15.6. The molecule has 1 aliphatic rings. The molecule has 6 heteroatoms. The minimum absolute atomic E-state index is 0.255. The molecule has 0 amide bonds. The summed E-state index contributed by atoms with van der Waals surface area (Å²) < 4.78 is 33.2. The van der Waals surface area contributed by atoms with Crippen molar-refractivity contribution in [1.82, 2.24) is 4.90 Å². The molecule has 0 radical (unpaired) electrons. The Kier molecular flexibility index (Phi) is 6.16. The second-order valence-electron chi connectivity index (χ2n) is 6.69. The van der Waals surface area contributed by atoms with Crippen LogP contribution in [0.5, 0.6) is 5.75 Å². The second kappa shape index (κ2) is 8.56. The van der Waals surface area contributed by atoms with E-state index in [0.29, 0.717) is 12.3 Å². The van der Waals surface area contributed by atoms with Gasteiger partial charge in [-0.3, -0.25) is 9.62 Å². The minimum atomic E-state index is -3.57.